The smallest absolute Gasteiger partial charge is 0.263 e. The van der Waals surface area contributed by atoms with Gasteiger partial charge in [-0.1, -0.05) is 48.2 Å². The van der Waals surface area contributed by atoms with E-state index in [-0.39, 0.29) is 11.7 Å². The van der Waals surface area contributed by atoms with Crippen molar-refractivity contribution in [1.29, 1.82) is 0 Å². The lowest BCUT2D eigenvalue weighted by Crippen LogP contribution is -2.17. The lowest BCUT2D eigenvalue weighted by atomic mass is 10.1. The highest BCUT2D eigenvalue weighted by molar-refractivity contribution is 8.26. The van der Waals surface area contributed by atoms with Crippen LogP contribution in [0.4, 0.5) is 10.1 Å². The highest BCUT2D eigenvalue weighted by atomic mass is 32.2. The number of thiocarbonyl (C=S) groups is 1. The van der Waals surface area contributed by atoms with Gasteiger partial charge in [-0.15, -0.1) is 0 Å². The van der Waals surface area contributed by atoms with Crippen molar-refractivity contribution in [1.82, 2.24) is 5.32 Å². The molecule has 1 saturated heterocycles. The number of nitrogens with zero attached hydrogens (tertiary/aromatic N) is 1. The van der Waals surface area contributed by atoms with Crippen molar-refractivity contribution >= 4 is 46.0 Å². The quantitative estimate of drug-likeness (QED) is 0.663. The Bertz CT molecular complexity index is 801. The summed E-state index contributed by atoms with van der Waals surface area (Å²) in [5, 5.41) is 2.60. The highest BCUT2D eigenvalue weighted by Crippen LogP contribution is 2.26. The van der Waals surface area contributed by atoms with Gasteiger partial charge in [-0.2, -0.15) is 0 Å². The lowest BCUT2D eigenvalue weighted by Gasteiger charge is -2.19. The van der Waals surface area contributed by atoms with Crippen LogP contribution in [0, 0.1) is 5.82 Å². The van der Waals surface area contributed by atoms with E-state index in [0.717, 1.165) is 16.8 Å². The molecule has 1 aliphatic heterocycles. The van der Waals surface area contributed by atoms with Gasteiger partial charge in [0.25, 0.3) is 5.91 Å². The Morgan fingerprint density at radius 3 is 2.42 bits per heavy atom. The van der Waals surface area contributed by atoms with Gasteiger partial charge in [0.15, 0.2) is 0 Å². The zero-order valence-electron chi connectivity index (χ0n) is 13.0. The van der Waals surface area contributed by atoms with Crippen LogP contribution in [0.2, 0.25) is 0 Å². The minimum Gasteiger partial charge on any atom is -0.370 e. The second kappa shape index (κ2) is 7.15. The fraction of sp³-hybridized carbons (Fsp3) is 0.111. The lowest BCUT2D eigenvalue weighted by molar-refractivity contribution is -0.115. The Kier molecular flexibility index (Phi) is 4.97. The first-order valence-corrected chi connectivity index (χ1v) is 8.54. The molecule has 3 nitrogen and oxygen atoms in total. The van der Waals surface area contributed by atoms with Crippen molar-refractivity contribution in [3.63, 3.8) is 0 Å². The van der Waals surface area contributed by atoms with E-state index in [2.05, 4.69) is 5.32 Å². The third-order valence-electron chi connectivity index (χ3n) is 3.61. The maximum absolute atomic E-state index is 13.0. The summed E-state index contributed by atoms with van der Waals surface area (Å²) in [5.41, 5.74) is 3.03. The molecule has 1 aliphatic rings. The third kappa shape index (κ3) is 4.01. The minimum atomic E-state index is -0.238. The van der Waals surface area contributed by atoms with E-state index >= 15 is 0 Å². The third-order valence-corrected chi connectivity index (χ3v) is 4.77. The van der Waals surface area contributed by atoms with Crippen LogP contribution in [0.3, 0.4) is 0 Å². The number of thioether (sulfide) groups is 1. The number of carbonyl (C=O) groups excluding carboxylic acids is 1. The van der Waals surface area contributed by atoms with Gasteiger partial charge in [0.05, 0.1) is 4.91 Å². The molecule has 3 rings (SSSR count). The first-order valence-electron chi connectivity index (χ1n) is 7.32. The summed E-state index contributed by atoms with van der Waals surface area (Å²) in [6, 6.07) is 14.4. The predicted octanol–water partition coefficient (Wildman–Crippen LogP) is 3.95. The molecule has 1 amide bonds. The highest BCUT2D eigenvalue weighted by Gasteiger charge is 2.21. The fourth-order valence-corrected chi connectivity index (χ4v) is 3.40. The van der Waals surface area contributed by atoms with Crippen molar-refractivity contribution in [2.45, 2.75) is 6.54 Å². The zero-order valence-corrected chi connectivity index (χ0v) is 14.6. The van der Waals surface area contributed by atoms with Crippen molar-refractivity contribution in [3.05, 3.63) is 70.4 Å². The largest absolute Gasteiger partial charge is 0.370 e. The average Bonchev–Trinajstić information content (AvgIpc) is 2.87. The molecular weight excluding hydrogens is 343 g/mol. The maximum Gasteiger partial charge on any atom is 0.263 e. The number of anilines is 1. The molecule has 0 atom stereocenters. The van der Waals surface area contributed by atoms with Crippen molar-refractivity contribution in [2.24, 2.45) is 0 Å². The summed E-state index contributed by atoms with van der Waals surface area (Å²) >= 11 is 6.25. The first-order chi connectivity index (χ1) is 11.5. The molecule has 122 valence electrons. The molecule has 0 unspecified atom stereocenters. The number of amides is 1. The summed E-state index contributed by atoms with van der Waals surface area (Å²) in [6.45, 7) is 0.710. The maximum atomic E-state index is 13.0. The summed E-state index contributed by atoms with van der Waals surface area (Å²) < 4.78 is 13.5. The van der Waals surface area contributed by atoms with E-state index in [1.165, 1.54) is 23.9 Å². The van der Waals surface area contributed by atoms with Gasteiger partial charge >= 0.3 is 0 Å². The molecule has 0 bridgehead atoms. The number of halogens is 1. The molecule has 0 saturated carbocycles. The number of rotatable bonds is 4. The van der Waals surface area contributed by atoms with Crippen molar-refractivity contribution in [2.75, 3.05) is 11.9 Å². The zero-order chi connectivity index (χ0) is 17.1. The fourth-order valence-electron chi connectivity index (χ4n) is 2.35. The second-order valence-electron chi connectivity index (χ2n) is 5.43. The summed E-state index contributed by atoms with van der Waals surface area (Å²) in [6.07, 6.45) is 1.83. The van der Waals surface area contributed by atoms with E-state index < -0.39 is 0 Å². The molecule has 0 aromatic heterocycles. The molecule has 1 heterocycles. The summed E-state index contributed by atoms with van der Waals surface area (Å²) in [5.74, 6) is -0.386. The number of hydrogen-bond donors (Lipinski definition) is 1. The molecular formula is C18H15FN2OS2. The molecule has 6 heteroatoms. The van der Waals surface area contributed by atoms with Gasteiger partial charge in [-0.25, -0.2) is 4.39 Å². The van der Waals surface area contributed by atoms with E-state index in [9.17, 15) is 9.18 Å². The number of hydrogen-bond acceptors (Lipinski definition) is 4. The predicted molar refractivity (Wildman–Crippen MR) is 101 cm³/mol. The Morgan fingerprint density at radius 2 is 1.83 bits per heavy atom. The normalized spacial score (nSPS) is 15.7. The van der Waals surface area contributed by atoms with E-state index in [1.807, 2.05) is 42.3 Å². The summed E-state index contributed by atoms with van der Waals surface area (Å²) in [7, 11) is 1.96. The topological polar surface area (TPSA) is 32.3 Å². The monoisotopic (exact) mass is 358 g/mol. The standard InChI is InChI=1S/C18H15FN2OS2/c1-21(15-8-6-14(19)7-9-15)11-13-4-2-12(3-5-13)10-16-17(22)20-18(23)24-16/h2-10H,11H2,1H3,(H,20,22,23). The van der Waals surface area contributed by atoms with Crippen LogP contribution in [0.15, 0.2) is 53.4 Å². The van der Waals surface area contributed by atoms with Crippen LogP contribution >= 0.6 is 24.0 Å². The number of carbonyl (C=O) groups is 1. The molecule has 0 spiro atoms. The van der Waals surface area contributed by atoms with Gasteiger partial charge in [-0.05, 0) is 41.5 Å². The van der Waals surface area contributed by atoms with Crippen molar-refractivity contribution in [3.8, 4) is 0 Å². The average molecular weight is 358 g/mol. The Labute approximate surface area is 149 Å². The number of nitrogens with one attached hydrogen (secondary N) is 1. The Hall–Kier alpha value is -2.18. The van der Waals surface area contributed by atoms with Gasteiger partial charge in [0.1, 0.15) is 10.1 Å². The molecule has 0 aliphatic carbocycles. The SMILES string of the molecule is CN(Cc1ccc(C=C2SC(=S)NC2=O)cc1)c1ccc(F)cc1. The second-order valence-corrected chi connectivity index (χ2v) is 7.15. The van der Waals surface area contributed by atoms with Gasteiger partial charge < -0.3 is 10.2 Å². The van der Waals surface area contributed by atoms with Crippen LogP contribution in [0.5, 0.6) is 0 Å². The van der Waals surface area contributed by atoms with Crippen molar-refractivity contribution < 1.29 is 9.18 Å². The molecule has 2 aromatic carbocycles. The van der Waals surface area contributed by atoms with Crippen LogP contribution < -0.4 is 10.2 Å². The number of benzene rings is 2. The first kappa shape index (κ1) is 16.7. The Morgan fingerprint density at radius 1 is 1.17 bits per heavy atom. The molecule has 0 radical (unpaired) electrons. The van der Waals surface area contributed by atoms with E-state index in [1.54, 1.807) is 12.1 Å². The van der Waals surface area contributed by atoms with Crippen LogP contribution in [-0.2, 0) is 11.3 Å². The van der Waals surface area contributed by atoms with Gasteiger partial charge in [0, 0.05) is 19.3 Å². The van der Waals surface area contributed by atoms with E-state index in [0.29, 0.717) is 15.8 Å². The Balaban J connectivity index is 1.68. The molecule has 24 heavy (non-hydrogen) atoms. The molecule has 2 aromatic rings. The van der Waals surface area contributed by atoms with Gasteiger partial charge in [-0.3, -0.25) is 4.79 Å². The van der Waals surface area contributed by atoms with Gasteiger partial charge in [0.2, 0.25) is 0 Å². The van der Waals surface area contributed by atoms with Crippen LogP contribution in [0.1, 0.15) is 11.1 Å². The van der Waals surface area contributed by atoms with Crippen LogP contribution in [-0.4, -0.2) is 17.3 Å². The molecule has 1 N–H and O–H groups in total. The minimum absolute atomic E-state index is 0.148. The summed E-state index contributed by atoms with van der Waals surface area (Å²) in [4.78, 5) is 14.3. The van der Waals surface area contributed by atoms with E-state index in [4.69, 9.17) is 12.2 Å². The van der Waals surface area contributed by atoms with Crippen LogP contribution in [0.25, 0.3) is 6.08 Å². The molecule has 1 fully saturated rings.